The summed E-state index contributed by atoms with van der Waals surface area (Å²) in [6.45, 7) is 2.71. The molecule has 0 bridgehead atoms. The molecular weight excluding hydrogens is 270 g/mol. The van der Waals surface area contributed by atoms with Gasteiger partial charge in [0.1, 0.15) is 17.4 Å². The fraction of sp³-hybridized carbons (Fsp3) is 0.533. The molecule has 1 aromatic carbocycles. The minimum atomic E-state index is -0.543. The van der Waals surface area contributed by atoms with Crippen LogP contribution in [0.3, 0.4) is 0 Å². The summed E-state index contributed by atoms with van der Waals surface area (Å²) in [4.78, 5) is 10.3. The van der Waals surface area contributed by atoms with Crippen LogP contribution in [0.2, 0.25) is 0 Å². The first-order valence-electron chi connectivity index (χ1n) is 7.16. The Kier molecular flexibility index (Phi) is 4.76. The molecule has 1 aliphatic rings. The highest BCUT2D eigenvalue weighted by atomic mass is 16.6. The molecule has 2 rings (SSSR count). The molecule has 21 heavy (non-hydrogen) atoms. The van der Waals surface area contributed by atoms with Gasteiger partial charge >= 0.3 is 0 Å². The van der Waals surface area contributed by atoms with E-state index >= 15 is 0 Å². The van der Waals surface area contributed by atoms with Crippen molar-refractivity contribution in [3.05, 3.63) is 34.4 Å². The fourth-order valence-corrected chi connectivity index (χ4v) is 2.83. The molecule has 112 valence electrons. The lowest BCUT2D eigenvalue weighted by Crippen LogP contribution is -2.49. The second-order valence-corrected chi connectivity index (χ2v) is 5.31. The molecule has 1 aliphatic carbocycles. The number of nitro benzene ring substituents is 1. The van der Waals surface area contributed by atoms with Crippen molar-refractivity contribution in [3.63, 3.8) is 0 Å². The summed E-state index contributed by atoms with van der Waals surface area (Å²) in [5.41, 5.74) is -0.528. The molecule has 0 aliphatic heterocycles. The standard InChI is InChI=1S/C15H19N3O3/c1-2-17-15(11-16)8-4-7-14(10-15)21-13-6-3-5-12(9-13)18(19)20/h3,5-6,9,14,17H,2,4,7-8,10H2,1H3. The van der Waals surface area contributed by atoms with E-state index in [9.17, 15) is 15.4 Å². The monoisotopic (exact) mass is 289 g/mol. The van der Waals surface area contributed by atoms with Crippen molar-refractivity contribution in [1.82, 2.24) is 5.32 Å². The second-order valence-electron chi connectivity index (χ2n) is 5.31. The van der Waals surface area contributed by atoms with Gasteiger partial charge < -0.3 is 4.74 Å². The van der Waals surface area contributed by atoms with Crippen LogP contribution in [0.15, 0.2) is 24.3 Å². The number of hydrogen-bond donors (Lipinski definition) is 1. The molecule has 2 atom stereocenters. The zero-order valence-corrected chi connectivity index (χ0v) is 12.0. The molecule has 0 amide bonds. The van der Waals surface area contributed by atoms with E-state index in [4.69, 9.17) is 4.74 Å². The predicted molar refractivity (Wildman–Crippen MR) is 78.0 cm³/mol. The number of nitrogens with one attached hydrogen (secondary N) is 1. The molecule has 0 saturated heterocycles. The van der Waals surface area contributed by atoms with Crippen LogP contribution in [0.1, 0.15) is 32.6 Å². The molecule has 6 nitrogen and oxygen atoms in total. The summed E-state index contributed by atoms with van der Waals surface area (Å²) >= 11 is 0. The van der Waals surface area contributed by atoms with Crippen molar-refractivity contribution in [2.45, 2.75) is 44.2 Å². The zero-order valence-electron chi connectivity index (χ0n) is 12.0. The Labute approximate surface area is 123 Å². The molecular formula is C15H19N3O3. The van der Waals surface area contributed by atoms with Crippen molar-refractivity contribution in [1.29, 1.82) is 5.26 Å². The first kappa shape index (κ1) is 15.3. The van der Waals surface area contributed by atoms with E-state index in [0.29, 0.717) is 12.2 Å². The van der Waals surface area contributed by atoms with Gasteiger partial charge in [0.2, 0.25) is 0 Å². The van der Waals surface area contributed by atoms with Gasteiger partial charge in [-0.2, -0.15) is 5.26 Å². The van der Waals surface area contributed by atoms with Gasteiger partial charge in [-0.3, -0.25) is 15.4 Å². The average molecular weight is 289 g/mol. The van der Waals surface area contributed by atoms with Crippen molar-refractivity contribution >= 4 is 5.69 Å². The Balaban J connectivity index is 2.07. The van der Waals surface area contributed by atoms with Crippen molar-refractivity contribution in [2.75, 3.05) is 6.54 Å². The van der Waals surface area contributed by atoms with E-state index in [1.165, 1.54) is 12.1 Å². The highest BCUT2D eigenvalue weighted by Crippen LogP contribution is 2.31. The van der Waals surface area contributed by atoms with Crippen LogP contribution in [0.5, 0.6) is 5.75 Å². The van der Waals surface area contributed by atoms with E-state index in [-0.39, 0.29) is 11.8 Å². The summed E-state index contributed by atoms with van der Waals surface area (Å²) in [5.74, 6) is 0.486. The third kappa shape index (κ3) is 3.70. The van der Waals surface area contributed by atoms with Gasteiger partial charge in [-0.05, 0) is 31.9 Å². The van der Waals surface area contributed by atoms with Gasteiger partial charge in [-0.1, -0.05) is 13.0 Å². The van der Waals surface area contributed by atoms with Crippen LogP contribution in [0.25, 0.3) is 0 Å². The maximum absolute atomic E-state index is 10.8. The molecule has 2 unspecified atom stereocenters. The lowest BCUT2D eigenvalue weighted by molar-refractivity contribution is -0.384. The van der Waals surface area contributed by atoms with Gasteiger partial charge in [0.25, 0.3) is 5.69 Å². The minimum absolute atomic E-state index is 0.0153. The molecule has 1 N–H and O–H groups in total. The van der Waals surface area contributed by atoms with Crippen LogP contribution in [0.4, 0.5) is 5.69 Å². The molecule has 0 heterocycles. The van der Waals surface area contributed by atoms with Gasteiger partial charge in [0.05, 0.1) is 17.1 Å². The summed E-state index contributed by atoms with van der Waals surface area (Å²) < 4.78 is 5.85. The Bertz CT molecular complexity index is 551. The highest BCUT2D eigenvalue weighted by molar-refractivity contribution is 5.38. The van der Waals surface area contributed by atoms with E-state index < -0.39 is 10.5 Å². The fourth-order valence-electron chi connectivity index (χ4n) is 2.83. The number of nitro groups is 1. The molecule has 0 spiro atoms. The largest absolute Gasteiger partial charge is 0.490 e. The number of rotatable bonds is 5. The lowest BCUT2D eigenvalue weighted by atomic mass is 9.81. The van der Waals surface area contributed by atoms with Crippen LogP contribution in [-0.2, 0) is 0 Å². The van der Waals surface area contributed by atoms with Gasteiger partial charge in [-0.25, -0.2) is 0 Å². The van der Waals surface area contributed by atoms with Gasteiger partial charge in [0.15, 0.2) is 0 Å². The lowest BCUT2D eigenvalue weighted by Gasteiger charge is -2.36. The first-order valence-corrected chi connectivity index (χ1v) is 7.16. The van der Waals surface area contributed by atoms with Crippen LogP contribution >= 0.6 is 0 Å². The van der Waals surface area contributed by atoms with E-state index in [1.807, 2.05) is 6.92 Å². The van der Waals surface area contributed by atoms with Crippen LogP contribution < -0.4 is 10.1 Å². The predicted octanol–water partition coefficient (Wildman–Crippen LogP) is 2.79. The Morgan fingerprint density at radius 3 is 3.10 bits per heavy atom. The SMILES string of the molecule is CCNC1(C#N)CCCC(Oc2cccc([N+](=O)[O-])c2)C1. The minimum Gasteiger partial charge on any atom is -0.490 e. The van der Waals surface area contributed by atoms with Crippen molar-refractivity contribution in [3.8, 4) is 11.8 Å². The van der Waals surface area contributed by atoms with Crippen molar-refractivity contribution in [2.24, 2.45) is 0 Å². The summed E-state index contributed by atoms with van der Waals surface area (Å²) in [7, 11) is 0. The summed E-state index contributed by atoms with van der Waals surface area (Å²) in [5, 5.41) is 23.4. The Morgan fingerprint density at radius 2 is 2.43 bits per heavy atom. The average Bonchev–Trinajstić information content (AvgIpc) is 2.48. The Hall–Kier alpha value is -2.13. The second kappa shape index (κ2) is 6.55. The van der Waals surface area contributed by atoms with E-state index in [0.717, 1.165) is 25.8 Å². The quantitative estimate of drug-likeness (QED) is 0.665. The van der Waals surface area contributed by atoms with Gasteiger partial charge in [-0.15, -0.1) is 0 Å². The number of non-ortho nitro benzene ring substituents is 1. The molecule has 0 aromatic heterocycles. The van der Waals surface area contributed by atoms with Crippen LogP contribution in [0, 0.1) is 21.4 Å². The highest BCUT2D eigenvalue weighted by Gasteiger charge is 2.36. The topological polar surface area (TPSA) is 88.2 Å². The third-order valence-corrected chi connectivity index (χ3v) is 3.77. The summed E-state index contributed by atoms with van der Waals surface area (Å²) in [6, 6.07) is 8.55. The van der Waals surface area contributed by atoms with E-state index in [2.05, 4.69) is 11.4 Å². The normalized spacial score (nSPS) is 25.0. The number of benzene rings is 1. The molecule has 6 heteroatoms. The Morgan fingerprint density at radius 1 is 1.62 bits per heavy atom. The zero-order chi connectivity index (χ0) is 15.3. The van der Waals surface area contributed by atoms with E-state index in [1.54, 1.807) is 12.1 Å². The number of nitriles is 1. The summed E-state index contributed by atoms with van der Waals surface area (Å²) in [6.07, 6.45) is 3.07. The number of hydrogen-bond acceptors (Lipinski definition) is 5. The first-order chi connectivity index (χ1) is 10.1. The number of ether oxygens (including phenoxy) is 1. The maximum Gasteiger partial charge on any atom is 0.273 e. The number of nitrogens with zero attached hydrogens (tertiary/aromatic N) is 2. The molecule has 0 radical (unpaired) electrons. The molecule has 1 aromatic rings. The third-order valence-electron chi connectivity index (χ3n) is 3.77. The van der Waals surface area contributed by atoms with Crippen molar-refractivity contribution < 1.29 is 9.66 Å². The molecule has 1 fully saturated rings. The smallest absolute Gasteiger partial charge is 0.273 e. The molecule has 1 saturated carbocycles. The maximum atomic E-state index is 10.8. The van der Waals surface area contributed by atoms with Crippen LogP contribution in [-0.4, -0.2) is 23.1 Å². The van der Waals surface area contributed by atoms with Gasteiger partial charge in [0, 0.05) is 12.5 Å².